The second kappa shape index (κ2) is 6.03. The summed E-state index contributed by atoms with van der Waals surface area (Å²) in [5.41, 5.74) is 2.24. The number of nitrogens with one attached hydrogen (secondary N) is 1. The van der Waals surface area contributed by atoms with Crippen molar-refractivity contribution in [3.05, 3.63) is 36.1 Å². The molecule has 1 aromatic carbocycles. The molecule has 0 bridgehead atoms. The van der Waals surface area contributed by atoms with Gasteiger partial charge in [0, 0.05) is 36.6 Å². The van der Waals surface area contributed by atoms with Crippen LogP contribution >= 0.6 is 0 Å². The summed E-state index contributed by atoms with van der Waals surface area (Å²) in [5, 5.41) is 4.65. The molecule has 0 spiro atoms. The Hall–Kier alpha value is -1.32. The maximum Gasteiger partial charge on any atom is 0.134 e. The van der Waals surface area contributed by atoms with Gasteiger partial charge in [-0.3, -0.25) is 0 Å². The summed E-state index contributed by atoms with van der Waals surface area (Å²) in [5.74, 6) is 0. The maximum atomic E-state index is 5.55. The van der Waals surface area contributed by atoms with Crippen molar-refractivity contribution in [1.82, 2.24) is 10.2 Å². The van der Waals surface area contributed by atoms with E-state index in [1.165, 1.54) is 10.9 Å². The van der Waals surface area contributed by atoms with Gasteiger partial charge in [-0.1, -0.05) is 32.0 Å². The van der Waals surface area contributed by atoms with Gasteiger partial charge >= 0.3 is 0 Å². The Labute approximate surface area is 109 Å². The number of fused-ring (bicyclic) bond motifs is 1. The molecule has 0 atom stereocenters. The highest BCUT2D eigenvalue weighted by Crippen LogP contribution is 2.21. The number of furan rings is 1. The third kappa shape index (κ3) is 3.34. The van der Waals surface area contributed by atoms with Crippen molar-refractivity contribution in [2.24, 2.45) is 0 Å². The summed E-state index contributed by atoms with van der Waals surface area (Å²) in [7, 11) is 2.14. The van der Waals surface area contributed by atoms with Crippen molar-refractivity contribution in [2.45, 2.75) is 26.4 Å². The summed E-state index contributed by atoms with van der Waals surface area (Å²) in [6.45, 7) is 7.32. The molecular weight excluding hydrogens is 224 g/mol. The van der Waals surface area contributed by atoms with E-state index in [9.17, 15) is 0 Å². The van der Waals surface area contributed by atoms with E-state index in [0.29, 0.717) is 6.04 Å². The lowest BCUT2D eigenvalue weighted by molar-refractivity contribution is 0.320. The molecule has 0 aliphatic rings. The first kappa shape index (κ1) is 13.1. The molecule has 0 saturated heterocycles. The van der Waals surface area contributed by atoms with Gasteiger partial charge in [0.05, 0.1) is 6.26 Å². The number of benzene rings is 1. The van der Waals surface area contributed by atoms with E-state index < -0.39 is 0 Å². The molecule has 18 heavy (non-hydrogen) atoms. The molecule has 0 unspecified atom stereocenters. The Bertz CT molecular complexity index is 490. The van der Waals surface area contributed by atoms with E-state index in [1.54, 1.807) is 0 Å². The SMILES string of the molecule is CC(C)NCCN(C)Cc1coc2ccccc12. The molecule has 3 nitrogen and oxygen atoms in total. The van der Waals surface area contributed by atoms with E-state index in [4.69, 9.17) is 4.42 Å². The Kier molecular flexibility index (Phi) is 4.39. The fraction of sp³-hybridized carbons (Fsp3) is 0.467. The van der Waals surface area contributed by atoms with Crippen molar-refractivity contribution < 1.29 is 4.42 Å². The van der Waals surface area contributed by atoms with Crippen molar-refractivity contribution >= 4 is 11.0 Å². The number of hydrogen-bond acceptors (Lipinski definition) is 3. The number of likely N-dealkylation sites (N-methyl/N-ethyl adjacent to an activating group) is 1. The molecule has 0 aliphatic heterocycles. The van der Waals surface area contributed by atoms with E-state index >= 15 is 0 Å². The lowest BCUT2D eigenvalue weighted by Crippen LogP contribution is -2.32. The zero-order chi connectivity index (χ0) is 13.0. The first-order chi connectivity index (χ1) is 8.66. The van der Waals surface area contributed by atoms with Crippen molar-refractivity contribution in [3.63, 3.8) is 0 Å². The van der Waals surface area contributed by atoms with Gasteiger partial charge < -0.3 is 14.6 Å². The summed E-state index contributed by atoms with van der Waals surface area (Å²) in [4.78, 5) is 2.31. The van der Waals surface area contributed by atoms with Gasteiger partial charge in [-0.05, 0) is 13.1 Å². The van der Waals surface area contributed by atoms with Crippen LogP contribution in [0.1, 0.15) is 19.4 Å². The molecule has 3 heteroatoms. The average Bonchev–Trinajstić information content (AvgIpc) is 2.72. The van der Waals surface area contributed by atoms with Crippen LogP contribution in [0.4, 0.5) is 0 Å². The van der Waals surface area contributed by atoms with Gasteiger partial charge in [-0.2, -0.15) is 0 Å². The minimum atomic E-state index is 0.549. The number of hydrogen-bond donors (Lipinski definition) is 1. The second-order valence-electron chi connectivity index (χ2n) is 5.10. The number of rotatable bonds is 6. The fourth-order valence-corrected chi connectivity index (χ4v) is 2.07. The van der Waals surface area contributed by atoms with Crippen LogP contribution in [0, 0.1) is 0 Å². The van der Waals surface area contributed by atoms with Gasteiger partial charge in [-0.25, -0.2) is 0 Å². The Morgan fingerprint density at radius 2 is 2.06 bits per heavy atom. The molecule has 1 aromatic heterocycles. The van der Waals surface area contributed by atoms with Crippen LogP contribution < -0.4 is 5.32 Å². The van der Waals surface area contributed by atoms with Crippen molar-refractivity contribution in [3.8, 4) is 0 Å². The zero-order valence-electron chi connectivity index (χ0n) is 11.4. The minimum absolute atomic E-state index is 0.549. The number of para-hydroxylation sites is 1. The highest BCUT2D eigenvalue weighted by atomic mass is 16.3. The molecule has 0 saturated carbocycles. The van der Waals surface area contributed by atoms with Crippen LogP contribution in [0.25, 0.3) is 11.0 Å². The predicted molar refractivity (Wildman–Crippen MR) is 75.7 cm³/mol. The third-order valence-electron chi connectivity index (χ3n) is 3.05. The average molecular weight is 246 g/mol. The summed E-state index contributed by atoms with van der Waals surface area (Å²) in [6.07, 6.45) is 1.87. The standard InChI is InChI=1S/C15H22N2O/c1-12(2)16-8-9-17(3)10-13-11-18-15-7-5-4-6-14(13)15/h4-7,11-12,16H,8-10H2,1-3H3. The lowest BCUT2D eigenvalue weighted by Gasteiger charge is -2.17. The Balaban J connectivity index is 1.92. The monoisotopic (exact) mass is 246 g/mol. The van der Waals surface area contributed by atoms with Crippen LogP contribution in [-0.4, -0.2) is 31.1 Å². The minimum Gasteiger partial charge on any atom is -0.464 e. The first-order valence-electron chi connectivity index (χ1n) is 6.54. The fourth-order valence-electron chi connectivity index (χ4n) is 2.07. The molecule has 1 heterocycles. The topological polar surface area (TPSA) is 28.4 Å². The van der Waals surface area contributed by atoms with Gasteiger partial charge in [0.25, 0.3) is 0 Å². The first-order valence-corrected chi connectivity index (χ1v) is 6.54. The maximum absolute atomic E-state index is 5.55. The van der Waals surface area contributed by atoms with E-state index in [1.807, 2.05) is 18.4 Å². The molecule has 2 rings (SSSR count). The highest BCUT2D eigenvalue weighted by Gasteiger charge is 2.07. The smallest absolute Gasteiger partial charge is 0.134 e. The zero-order valence-corrected chi connectivity index (χ0v) is 11.4. The van der Waals surface area contributed by atoms with Crippen molar-refractivity contribution in [1.29, 1.82) is 0 Å². The molecule has 0 amide bonds. The quantitative estimate of drug-likeness (QED) is 0.849. The van der Waals surface area contributed by atoms with Gasteiger partial charge in [-0.15, -0.1) is 0 Å². The van der Waals surface area contributed by atoms with Crippen LogP contribution in [0.3, 0.4) is 0 Å². The normalized spacial score (nSPS) is 11.8. The predicted octanol–water partition coefficient (Wildman–Crippen LogP) is 2.86. The molecule has 98 valence electrons. The molecule has 1 N–H and O–H groups in total. The largest absolute Gasteiger partial charge is 0.464 e. The van der Waals surface area contributed by atoms with Crippen LogP contribution in [0.5, 0.6) is 0 Å². The Morgan fingerprint density at radius 1 is 1.28 bits per heavy atom. The lowest BCUT2D eigenvalue weighted by atomic mass is 10.2. The Morgan fingerprint density at radius 3 is 2.83 bits per heavy atom. The third-order valence-corrected chi connectivity index (χ3v) is 3.05. The second-order valence-corrected chi connectivity index (χ2v) is 5.10. The molecule has 0 aliphatic carbocycles. The van der Waals surface area contributed by atoms with Gasteiger partial charge in [0.1, 0.15) is 5.58 Å². The van der Waals surface area contributed by atoms with Crippen LogP contribution in [0.15, 0.2) is 34.9 Å². The molecule has 0 radical (unpaired) electrons. The summed E-state index contributed by atoms with van der Waals surface area (Å²) >= 11 is 0. The molecular formula is C15H22N2O. The van der Waals surface area contributed by atoms with E-state index in [0.717, 1.165) is 25.2 Å². The van der Waals surface area contributed by atoms with E-state index in [-0.39, 0.29) is 0 Å². The molecule has 2 aromatic rings. The summed E-state index contributed by atoms with van der Waals surface area (Å²) < 4.78 is 5.55. The van der Waals surface area contributed by atoms with Crippen LogP contribution in [0.2, 0.25) is 0 Å². The van der Waals surface area contributed by atoms with Gasteiger partial charge in [0.15, 0.2) is 0 Å². The van der Waals surface area contributed by atoms with Crippen molar-refractivity contribution in [2.75, 3.05) is 20.1 Å². The van der Waals surface area contributed by atoms with Crippen LogP contribution in [-0.2, 0) is 6.54 Å². The van der Waals surface area contributed by atoms with E-state index in [2.05, 4.69) is 43.2 Å². The highest BCUT2D eigenvalue weighted by molar-refractivity contribution is 5.80. The van der Waals surface area contributed by atoms with Gasteiger partial charge in [0.2, 0.25) is 0 Å². The molecule has 0 fully saturated rings. The number of nitrogens with zero attached hydrogens (tertiary/aromatic N) is 1. The summed E-state index contributed by atoms with van der Waals surface area (Å²) in [6, 6.07) is 8.74.